The number of non-ortho nitro benzene ring substituents is 1. The number of carboxylic acids is 1. The average molecular weight is 352 g/mol. The molecule has 0 radical (unpaired) electrons. The molecule has 0 spiro atoms. The standard InChI is InChI=1S/C13H10BrN3O4/c14-11-6-10(17(20)21)1-2-12(11)16-7-9-5-8(13(18)19)3-4-15-9/h1-6,16H,7H2,(H,18,19). The second kappa shape index (κ2) is 6.31. The zero-order valence-electron chi connectivity index (χ0n) is 10.6. The lowest BCUT2D eigenvalue weighted by Gasteiger charge is -2.08. The maximum absolute atomic E-state index is 10.9. The van der Waals surface area contributed by atoms with Crippen molar-refractivity contribution in [2.45, 2.75) is 6.54 Å². The lowest BCUT2D eigenvalue weighted by atomic mass is 10.2. The van der Waals surface area contributed by atoms with Gasteiger partial charge in [-0.3, -0.25) is 15.1 Å². The Morgan fingerprint density at radius 3 is 2.76 bits per heavy atom. The molecular formula is C13H10BrN3O4. The van der Waals surface area contributed by atoms with Gasteiger partial charge in [0.1, 0.15) is 0 Å². The van der Waals surface area contributed by atoms with Gasteiger partial charge in [0.2, 0.25) is 0 Å². The number of pyridine rings is 1. The second-order valence-electron chi connectivity index (χ2n) is 4.12. The molecule has 7 nitrogen and oxygen atoms in total. The number of nitrogens with zero attached hydrogens (tertiary/aromatic N) is 2. The monoisotopic (exact) mass is 351 g/mol. The van der Waals surface area contributed by atoms with E-state index in [-0.39, 0.29) is 11.3 Å². The number of nitro groups is 1. The highest BCUT2D eigenvalue weighted by atomic mass is 79.9. The average Bonchev–Trinajstić information content (AvgIpc) is 2.46. The summed E-state index contributed by atoms with van der Waals surface area (Å²) in [4.78, 5) is 25.1. The van der Waals surface area contributed by atoms with E-state index in [0.29, 0.717) is 22.4 Å². The van der Waals surface area contributed by atoms with Crippen molar-refractivity contribution in [2.24, 2.45) is 0 Å². The van der Waals surface area contributed by atoms with Crippen molar-refractivity contribution >= 4 is 33.3 Å². The number of aromatic carboxylic acids is 1. The molecule has 1 aromatic heterocycles. The molecular weight excluding hydrogens is 342 g/mol. The van der Waals surface area contributed by atoms with Crippen LogP contribution in [0.1, 0.15) is 16.1 Å². The van der Waals surface area contributed by atoms with Gasteiger partial charge in [-0.1, -0.05) is 0 Å². The number of anilines is 1. The number of hydrogen-bond donors (Lipinski definition) is 2. The van der Waals surface area contributed by atoms with Crippen LogP contribution in [0.15, 0.2) is 41.0 Å². The molecule has 0 aliphatic heterocycles. The Morgan fingerprint density at radius 2 is 2.14 bits per heavy atom. The predicted molar refractivity (Wildman–Crippen MR) is 79.3 cm³/mol. The normalized spacial score (nSPS) is 10.1. The number of nitro benzene ring substituents is 1. The Labute approximate surface area is 127 Å². The van der Waals surface area contributed by atoms with Crippen LogP contribution >= 0.6 is 15.9 Å². The van der Waals surface area contributed by atoms with Crippen LogP contribution in [0.25, 0.3) is 0 Å². The third-order valence-electron chi connectivity index (χ3n) is 2.69. The van der Waals surface area contributed by atoms with Gasteiger partial charge < -0.3 is 10.4 Å². The van der Waals surface area contributed by atoms with Crippen molar-refractivity contribution in [1.82, 2.24) is 4.98 Å². The SMILES string of the molecule is O=C(O)c1ccnc(CNc2ccc([N+](=O)[O-])cc2Br)c1. The molecule has 2 rings (SSSR count). The summed E-state index contributed by atoms with van der Waals surface area (Å²) in [6.07, 6.45) is 1.42. The zero-order valence-corrected chi connectivity index (χ0v) is 12.2. The molecule has 0 saturated carbocycles. The van der Waals surface area contributed by atoms with Crippen molar-refractivity contribution in [3.05, 3.63) is 62.4 Å². The number of carbonyl (C=O) groups is 1. The summed E-state index contributed by atoms with van der Waals surface area (Å²) < 4.78 is 0.547. The first-order valence-electron chi connectivity index (χ1n) is 5.83. The summed E-state index contributed by atoms with van der Waals surface area (Å²) >= 11 is 3.25. The molecule has 0 bridgehead atoms. The Hall–Kier alpha value is -2.48. The minimum Gasteiger partial charge on any atom is -0.478 e. The van der Waals surface area contributed by atoms with E-state index in [9.17, 15) is 14.9 Å². The second-order valence-corrected chi connectivity index (χ2v) is 4.97. The Kier molecular flexibility index (Phi) is 4.49. The molecule has 1 heterocycles. The molecule has 21 heavy (non-hydrogen) atoms. The third-order valence-corrected chi connectivity index (χ3v) is 3.34. The molecule has 0 fully saturated rings. The van der Waals surface area contributed by atoms with Gasteiger partial charge in [-0.05, 0) is 34.1 Å². The molecule has 0 aliphatic rings. The number of aromatic nitrogens is 1. The number of nitrogens with one attached hydrogen (secondary N) is 1. The van der Waals surface area contributed by atoms with Crippen molar-refractivity contribution in [2.75, 3.05) is 5.32 Å². The lowest BCUT2D eigenvalue weighted by molar-refractivity contribution is -0.384. The topological polar surface area (TPSA) is 105 Å². The van der Waals surface area contributed by atoms with Gasteiger partial charge in [-0.2, -0.15) is 0 Å². The van der Waals surface area contributed by atoms with Gasteiger partial charge in [-0.25, -0.2) is 4.79 Å². The number of carboxylic acid groups (broad SMARTS) is 1. The smallest absolute Gasteiger partial charge is 0.335 e. The number of benzene rings is 1. The van der Waals surface area contributed by atoms with Gasteiger partial charge in [-0.15, -0.1) is 0 Å². The molecule has 0 saturated heterocycles. The molecule has 0 amide bonds. The first-order chi connectivity index (χ1) is 9.97. The van der Waals surface area contributed by atoms with E-state index >= 15 is 0 Å². The van der Waals surface area contributed by atoms with Crippen molar-refractivity contribution in [1.29, 1.82) is 0 Å². The van der Waals surface area contributed by atoms with Crippen molar-refractivity contribution in [3.63, 3.8) is 0 Å². The van der Waals surface area contributed by atoms with E-state index in [2.05, 4.69) is 26.2 Å². The third kappa shape index (κ3) is 3.76. The fourth-order valence-corrected chi connectivity index (χ4v) is 2.16. The highest BCUT2D eigenvalue weighted by Gasteiger charge is 2.09. The number of hydrogen-bond acceptors (Lipinski definition) is 5. The van der Waals surface area contributed by atoms with Crippen LogP contribution in [0.2, 0.25) is 0 Å². The fraction of sp³-hybridized carbons (Fsp3) is 0.0769. The molecule has 8 heteroatoms. The maximum Gasteiger partial charge on any atom is 0.335 e. The molecule has 0 unspecified atom stereocenters. The molecule has 0 atom stereocenters. The highest BCUT2D eigenvalue weighted by Crippen LogP contribution is 2.27. The van der Waals surface area contributed by atoms with Crippen LogP contribution in [-0.2, 0) is 6.54 Å². The molecule has 0 aliphatic carbocycles. The summed E-state index contributed by atoms with van der Waals surface area (Å²) in [6, 6.07) is 7.23. The minimum absolute atomic E-state index is 0.0153. The van der Waals surface area contributed by atoms with E-state index in [1.807, 2.05) is 0 Å². The van der Waals surface area contributed by atoms with E-state index in [1.165, 1.54) is 30.5 Å². The van der Waals surface area contributed by atoms with Crippen LogP contribution < -0.4 is 5.32 Å². The quantitative estimate of drug-likeness (QED) is 0.633. The number of rotatable bonds is 5. The van der Waals surface area contributed by atoms with Crippen molar-refractivity contribution < 1.29 is 14.8 Å². The van der Waals surface area contributed by atoms with E-state index in [4.69, 9.17) is 5.11 Å². The van der Waals surface area contributed by atoms with Gasteiger partial charge in [0, 0.05) is 28.5 Å². The Bertz CT molecular complexity index is 706. The van der Waals surface area contributed by atoms with Crippen LogP contribution in [0, 0.1) is 10.1 Å². The molecule has 1 aromatic carbocycles. The summed E-state index contributed by atoms with van der Waals surface area (Å²) in [6.45, 7) is 0.303. The van der Waals surface area contributed by atoms with E-state index in [1.54, 1.807) is 6.07 Å². The first-order valence-corrected chi connectivity index (χ1v) is 6.62. The van der Waals surface area contributed by atoms with Crippen LogP contribution in [-0.4, -0.2) is 21.0 Å². The summed E-state index contributed by atoms with van der Waals surface area (Å²) in [5.74, 6) is -1.02. The molecule has 108 valence electrons. The lowest BCUT2D eigenvalue weighted by Crippen LogP contribution is -2.05. The zero-order chi connectivity index (χ0) is 15.4. The van der Waals surface area contributed by atoms with Gasteiger partial charge in [0.25, 0.3) is 5.69 Å². The molecule has 2 N–H and O–H groups in total. The van der Waals surface area contributed by atoms with E-state index in [0.717, 1.165) is 0 Å². The van der Waals surface area contributed by atoms with Gasteiger partial charge in [0.05, 0.1) is 22.7 Å². The molecule has 2 aromatic rings. The summed E-state index contributed by atoms with van der Waals surface area (Å²) in [7, 11) is 0. The van der Waals surface area contributed by atoms with Gasteiger partial charge in [0.15, 0.2) is 0 Å². The Morgan fingerprint density at radius 1 is 1.38 bits per heavy atom. The van der Waals surface area contributed by atoms with Crippen LogP contribution in [0.3, 0.4) is 0 Å². The Balaban J connectivity index is 2.11. The number of halogens is 1. The minimum atomic E-state index is -1.02. The predicted octanol–water partition coefficient (Wildman–Crippen LogP) is 3.06. The largest absolute Gasteiger partial charge is 0.478 e. The maximum atomic E-state index is 10.9. The van der Waals surface area contributed by atoms with E-state index < -0.39 is 10.9 Å². The fourth-order valence-electron chi connectivity index (χ4n) is 1.65. The highest BCUT2D eigenvalue weighted by molar-refractivity contribution is 9.10. The summed E-state index contributed by atoms with van der Waals surface area (Å²) in [5.41, 5.74) is 1.35. The summed E-state index contributed by atoms with van der Waals surface area (Å²) in [5, 5.41) is 22.6. The van der Waals surface area contributed by atoms with Gasteiger partial charge >= 0.3 is 5.97 Å². The first kappa shape index (κ1) is 14.9. The van der Waals surface area contributed by atoms with Crippen molar-refractivity contribution in [3.8, 4) is 0 Å². The van der Waals surface area contributed by atoms with Crippen LogP contribution in [0.4, 0.5) is 11.4 Å². The van der Waals surface area contributed by atoms with Crippen LogP contribution in [0.5, 0.6) is 0 Å².